The summed E-state index contributed by atoms with van der Waals surface area (Å²) in [4.78, 5) is 11.7. The Morgan fingerprint density at radius 1 is 1.25 bits per heavy atom. The highest BCUT2D eigenvalue weighted by molar-refractivity contribution is 5.72. The van der Waals surface area contributed by atoms with Crippen LogP contribution in [0.4, 0.5) is 8.78 Å². The molecule has 1 aliphatic heterocycles. The summed E-state index contributed by atoms with van der Waals surface area (Å²) in [7, 11) is 1.32. The Labute approximate surface area is 137 Å². The van der Waals surface area contributed by atoms with Gasteiger partial charge >= 0.3 is 12.1 Å². The lowest BCUT2D eigenvalue weighted by molar-refractivity contribution is -0.194. The Morgan fingerprint density at radius 3 is 2.71 bits per heavy atom. The van der Waals surface area contributed by atoms with Crippen LogP contribution in [-0.4, -0.2) is 27.8 Å². The Kier molecular flexibility index (Phi) is 4.46. The number of carbonyl (C=O) groups is 1. The highest BCUT2D eigenvalue weighted by atomic mass is 19.3. The lowest BCUT2D eigenvalue weighted by atomic mass is 10.0. The van der Waals surface area contributed by atoms with Crippen LogP contribution in [0, 0.1) is 5.92 Å². The topological polar surface area (TPSA) is 66.2 Å². The van der Waals surface area contributed by atoms with Crippen molar-refractivity contribution in [3.05, 3.63) is 42.0 Å². The second-order valence-corrected chi connectivity index (χ2v) is 5.57. The van der Waals surface area contributed by atoms with E-state index in [1.807, 2.05) is 0 Å². The number of methoxy groups -OCH3 is 1. The molecule has 0 bridgehead atoms. The number of rotatable bonds is 4. The normalized spacial score (nSPS) is 17.7. The summed E-state index contributed by atoms with van der Waals surface area (Å²) >= 11 is 0. The number of ether oxygens (including phenoxy) is 2. The van der Waals surface area contributed by atoms with Crippen LogP contribution >= 0.6 is 0 Å². The number of benzene rings is 1. The first kappa shape index (κ1) is 16.4. The second-order valence-electron chi connectivity index (χ2n) is 5.57. The summed E-state index contributed by atoms with van der Waals surface area (Å²) < 4.78 is 39.8. The van der Waals surface area contributed by atoms with Crippen molar-refractivity contribution in [1.82, 2.24) is 14.8 Å². The van der Waals surface area contributed by atoms with E-state index in [0.717, 1.165) is 0 Å². The lowest BCUT2D eigenvalue weighted by Gasteiger charge is -2.18. The van der Waals surface area contributed by atoms with Gasteiger partial charge in [0.05, 0.1) is 13.0 Å². The number of hydrogen-bond acceptors (Lipinski definition) is 5. The quantitative estimate of drug-likeness (QED) is 0.802. The van der Waals surface area contributed by atoms with Crippen LogP contribution in [0.3, 0.4) is 0 Å². The molecule has 0 amide bonds. The van der Waals surface area contributed by atoms with Crippen molar-refractivity contribution in [3.8, 4) is 5.75 Å². The van der Waals surface area contributed by atoms with Crippen LogP contribution in [0.1, 0.15) is 24.5 Å². The van der Waals surface area contributed by atoms with Gasteiger partial charge in [0.25, 0.3) is 0 Å². The molecule has 6 nitrogen and oxygen atoms in total. The van der Waals surface area contributed by atoms with Crippen LogP contribution in [0.2, 0.25) is 0 Å². The molecule has 0 fully saturated rings. The van der Waals surface area contributed by atoms with Gasteiger partial charge in [-0.1, -0.05) is 18.2 Å². The van der Waals surface area contributed by atoms with Crippen molar-refractivity contribution < 1.29 is 23.0 Å². The maximum Gasteiger partial charge on any atom is 0.462 e. The average molecular weight is 337 g/mol. The van der Waals surface area contributed by atoms with Gasteiger partial charge in [-0.05, 0) is 25.0 Å². The summed E-state index contributed by atoms with van der Waals surface area (Å²) in [5.74, 6) is -0.740. The van der Waals surface area contributed by atoms with Crippen LogP contribution in [0.15, 0.2) is 30.3 Å². The van der Waals surface area contributed by atoms with Gasteiger partial charge < -0.3 is 14.0 Å². The van der Waals surface area contributed by atoms with Crippen molar-refractivity contribution in [1.29, 1.82) is 0 Å². The van der Waals surface area contributed by atoms with Gasteiger partial charge in [-0.15, -0.1) is 10.2 Å². The Morgan fingerprint density at radius 2 is 2.00 bits per heavy atom. The van der Waals surface area contributed by atoms with E-state index in [1.54, 1.807) is 18.2 Å². The van der Waals surface area contributed by atoms with E-state index in [-0.39, 0.29) is 24.2 Å². The SMILES string of the molecule is COC(=O)C1CCc2nnc(C(F)(F)Oc3ccccc3)n2CC1. The number of para-hydroxylation sites is 1. The smallest absolute Gasteiger partial charge is 0.462 e. The van der Waals surface area contributed by atoms with Crippen molar-refractivity contribution in [2.24, 2.45) is 5.92 Å². The summed E-state index contributed by atoms with van der Waals surface area (Å²) in [6.07, 6.45) is -2.34. The zero-order valence-electron chi connectivity index (χ0n) is 13.1. The molecule has 1 aromatic heterocycles. The van der Waals surface area contributed by atoms with Gasteiger partial charge in [-0.25, -0.2) is 0 Å². The minimum absolute atomic E-state index is 0.0425. The molecule has 1 atom stereocenters. The molecule has 0 spiro atoms. The number of alkyl halides is 2. The molecule has 2 heterocycles. The number of aryl methyl sites for hydroxylation is 1. The number of halogens is 2. The van der Waals surface area contributed by atoms with Gasteiger partial charge in [0, 0.05) is 13.0 Å². The lowest BCUT2D eigenvalue weighted by Crippen LogP contribution is -2.27. The third kappa shape index (κ3) is 3.22. The van der Waals surface area contributed by atoms with Crippen molar-refractivity contribution in [3.63, 3.8) is 0 Å². The number of carbonyl (C=O) groups excluding carboxylic acids is 1. The van der Waals surface area contributed by atoms with Crippen LogP contribution in [-0.2, 0) is 28.6 Å². The first-order chi connectivity index (χ1) is 11.5. The molecule has 1 aliphatic rings. The molecule has 24 heavy (non-hydrogen) atoms. The standard InChI is InChI=1S/C16H17F2N3O3/c1-23-14(22)11-7-8-13-19-20-15(21(13)10-9-11)16(17,18)24-12-5-3-2-4-6-12/h2-6,11H,7-10H2,1H3. The van der Waals surface area contributed by atoms with E-state index in [1.165, 1.54) is 23.8 Å². The summed E-state index contributed by atoms with van der Waals surface area (Å²) in [5.41, 5.74) is 0. The van der Waals surface area contributed by atoms with E-state index in [9.17, 15) is 13.6 Å². The molecule has 2 aromatic rings. The molecule has 128 valence electrons. The molecule has 3 rings (SSSR count). The van der Waals surface area contributed by atoms with Gasteiger partial charge in [-0.3, -0.25) is 4.79 Å². The Bertz CT molecular complexity index is 719. The third-order valence-electron chi connectivity index (χ3n) is 4.03. The fourth-order valence-corrected chi connectivity index (χ4v) is 2.79. The first-order valence-corrected chi connectivity index (χ1v) is 7.63. The fraction of sp³-hybridized carbons (Fsp3) is 0.438. The molecule has 0 N–H and O–H groups in total. The van der Waals surface area contributed by atoms with Crippen molar-refractivity contribution >= 4 is 5.97 Å². The molecule has 1 aromatic carbocycles. The summed E-state index contributed by atoms with van der Waals surface area (Å²) in [6.45, 7) is 0.213. The zero-order valence-corrected chi connectivity index (χ0v) is 13.1. The van der Waals surface area contributed by atoms with E-state index >= 15 is 0 Å². The van der Waals surface area contributed by atoms with E-state index in [4.69, 9.17) is 9.47 Å². The van der Waals surface area contributed by atoms with Crippen molar-refractivity contribution in [2.75, 3.05) is 7.11 Å². The maximum atomic E-state index is 14.5. The monoisotopic (exact) mass is 337 g/mol. The minimum atomic E-state index is -3.61. The average Bonchev–Trinajstić information content (AvgIpc) is 2.88. The zero-order chi connectivity index (χ0) is 17.2. The number of hydrogen-bond donors (Lipinski definition) is 0. The number of fused-ring (bicyclic) bond motifs is 1. The number of nitrogens with zero attached hydrogens (tertiary/aromatic N) is 3. The first-order valence-electron chi connectivity index (χ1n) is 7.63. The Balaban J connectivity index is 1.82. The minimum Gasteiger partial charge on any atom is -0.469 e. The van der Waals surface area contributed by atoms with Gasteiger partial charge in [0.2, 0.25) is 5.82 Å². The van der Waals surface area contributed by atoms with Crippen LogP contribution in [0.5, 0.6) is 5.75 Å². The third-order valence-corrected chi connectivity index (χ3v) is 4.03. The van der Waals surface area contributed by atoms with E-state index < -0.39 is 11.9 Å². The number of aromatic nitrogens is 3. The van der Waals surface area contributed by atoms with Gasteiger partial charge in [0.15, 0.2) is 0 Å². The largest absolute Gasteiger partial charge is 0.469 e. The Hall–Kier alpha value is -2.51. The van der Waals surface area contributed by atoms with Crippen LogP contribution < -0.4 is 4.74 Å². The highest BCUT2D eigenvalue weighted by Crippen LogP contribution is 2.32. The predicted molar refractivity (Wildman–Crippen MR) is 79.4 cm³/mol. The molecular weight excluding hydrogens is 320 g/mol. The predicted octanol–water partition coefficient (Wildman–Crippen LogP) is 2.53. The summed E-state index contributed by atoms with van der Waals surface area (Å²) in [5, 5.41) is 7.46. The molecular formula is C16H17F2N3O3. The van der Waals surface area contributed by atoms with Crippen molar-refractivity contribution in [2.45, 2.75) is 31.9 Å². The van der Waals surface area contributed by atoms with E-state index in [0.29, 0.717) is 25.1 Å². The van der Waals surface area contributed by atoms with Gasteiger partial charge in [0.1, 0.15) is 11.6 Å². The molecule has 0 saturated heterocycles. The second kappa shape index (κ2) is 6.54. The molecule has 0 saturated carbocycles. The van der Waals surface area contributed by atoms with E-state index in [2.05, 4.69) is 10.2 Å². The van der Waals surface area contributed by atoms with Gasteiger partial charge in [-0.2, -0.15) is 8.78 Å². The molecule has 0 radical (unpaired) electrons. The summed E-state index contributed by atoms with van der Waals surface area (Å²) in [6, 6.07) is 7.82. The molecule has 0 aliphatic carbocycles. The maximum absolute atomic E-state index is 14.5. The molecule has 1 unspecified atom stereocenters. The van der Waals surface area contributed by atoms with Crippen LogP contribution in [0.25, 0.3) is 0 Å². The number of esters is 1. The fourth-order valence-electron chi connectivity index (χ4n) is 2.79. The highest BCUT2D eigenvalue weighted by Gasteiger charge is 2.42. The molecule has 8 heteroatoms.